The number of aryl methyl sites for hydroxylation is 3. The van der Waals surface area contributed by atoms with E-state index < -0.39 is 0 Å². The molecule has 2 rings (SSSR count). The maximum atomic E-state index is 13.2. The third-order valence-electron chi connectivity index (χ3n) is 3.19. The zero-order valence-corrected chi connectivity index (χ0v) is 12.3. The SMILES string of the molecule is Cc1cc(C)c(CSc2cc(F)ccc2N)c(C)c1. The van der Waals surface area contributed by atoms with Gasteiger partial charge in [-0.3, -0.25) is 0 Å². The number of hydrogen-bond donors (Lipinski definition) is 1. The first-order chi connectivity index (χ1) is 8.97. The number of nitrogens with two attached hydrogens (primary N) is 1. The lowest BCUT2D eigenvalue weighted by Gasteiger charge is -2.12. The van der Waals surface area contributed by atoms with Crippen LogP contribution in [0.25, 0.3) is 0 Å². The van der Waals surface area contributed by atoms with Gasteiger partial charge in [0.25, 0.3) is 0 Å². The minimum Gasteiger partial charge on any atom is -0.398 e. The van der Waals surface area contributed by atoms with Gasteiger partial charge in [0.2, 0.25) is 0 Å². The maximum Gasteiger partial charge on any atom is 0.124 e. The second kappa shape index (κ2) is 5.66. The summed E-state index contributed by atoms with van der Waals surface area (Å²) in [4.78, 5) is 0.805. The number of nitrogen functional groups attached to an aromatic ring is 1. The van der Waals surface area contributed by atoms with Crippen molar-refractivity contribution in [1.29, 1.82) is 0 Å². The summed E-state index contributed by atoms with van der Waals surface area (Å²) in [6, 6.07) is 8.86. The van der Waals surface area contributed by atoms with Crippen molar-refractivity contribution < 1.29 is 4.39 Å². The third-order valence-corrected chi connectivity index (χ3v) is 4.29. The number of thioether (sulfide) groups is 1. The fourth-order valence-corrected chi connectivity index (χ4v) is 3.41. The Morgan fingerprint density at radius 3 is 2.32 bits per heavy atom. The van der Waals surface area contributed by atoms with E-state index in [4.69, 9.17) is 5.73 Å². The van der Waals surface area contributed by atoms with Crippen LogP contribution in [0.1, 0.15) is 22.3 Å². The highest BCUT2D eigenvalue weighted by Gasteiger charge is 2.07. The summed E-state index contributed by atoms with van der Waals surface area (Å²) in [5.74, 6) is 0.569. The molecule has 0 heterocycles. The molecule has 0 unspecified atom stereocenters. The van der Waals surface area contributed by atoms with Gasteiger partial charge >= 0.3 is 0 Å². The van der Waals surface area contributed by atoms with Crippen LogP contribution in [0.4, 0.5) is 10.1 Å². The standard InChI is InChI=1S/C16H18FNS/c1-10-6-11(2)14(12(3)7-10)9-19-16-8-13(17)4-5-15(16)18/h4-8H,9,18H2,1-3H3. The predicted molar refractivity (Wildman–Crippen MR) is 81.0 cm³/mol. The molecule has 100 valence electrons. The Kier molecular flexibility index (Phi) is 4.15. The first-order valence-electron chi connectivity index (χ1n) is 6.22. The molecule has 0 aliphatic heterocycles. The number of halogens is 1. The van der Waals surface area contributed by atoms with E-state index in [1.54, 1.807) is 17.8 Å². The Balaban J connectivity index is 2.21. The average molecular weight is 275 g/mol. The minimum absolute atomic E-state index is 0.242. The molecule has 2 aromatic rings. The highest BCUT2D eigenvalue weighted by Crippen LogP contribution is 2.31. The molecule has 0 atom stereocenters. The molecule has 0 saturated heterocycles. The Morgan fingerprint density at radius 1 is 1.05 bits per heavy atom. The molecule has 0 saturated carbocycles. The van der Waals surface area contributed by atoms with Gasteiger partial charge in [0.15, 0.2) is 0 Å². The summed E-state index contributed by atoms with van der Waals surface area (Å²) in [6.45, 7) is 6.33. The lowest BCUT2D eigenvalue weighted by atomic mass is 10.0. The Morgan fingerprint density at radius 2 is 1.68 bits per heavy atom. The monoisotopic (exact) mass is 275 g/mol. The van der Waals surface area contributed by atoms with Crippen LogP contribution in [-0.2, 0) is 5.75 Å². The van der Waals surface area contributed by atoms with Crippen LogP contribution >= 0.6 is 11.8 Å². The smallest absolute Gasteiger partial charge is 0.124 e. The lowest BCUT2D eigenvalue weighted by molar-refractivity contribution is 0.624. The fourth-order valence-electron chi connectivity index (χ4n) is 2.22. The Labute approximate surface area is 118 Å². The molecule has 0 bridgehead atoms. The van der Waals surface area contributed by atoms with Crippen LogP contribution in [0.15, 0.2) is 35.2 Å². The molecule has 0 radical (unpaired) electrons. The molecule has 0 fully saturated rings. The predicted octanol–water partition coefficient (Wildman–Crippen LogP) is 4.63. The molecule has 0 spiro atoms. The summed E-state index contributed by atoms with van der Waals surface area (Å²) < 4.78 is 13.2. The van der Waals surface area contributed by atoms with Gasteiger partial charge in [-0.2, -0.15) is 0 Å². The van der Waals surface area contributed by atoms with Crippen molar-refractivity contribution in [3.05, 3.63) is 58.4 Å². The van der Waals surface area contributed by atoms with Gasteiger partial charge < -0.3 is 5.73 Å². The normalized spacial score (nSPS) is 10.7. The highest BCUT2D eigenvalue weighted by atomic mass is 32.2. The zero-order valence-electron chi connectivity index (χ0n) is 11.5. The van der Waals surface area contributed by atoms with Gasteiger partial charge in [0.05, 0.1) is 0 Å². The van der Waals surface area contributed by atoms with E-state index in [9.17, 15) is 4.39 Å². The summed E-state index contributed by atoms with van der Waals surface area (Å²) >= 11 is 1.58. The topological polar surface area (TPSA) is 26.0 Å². The van der Waals surface area contributed by atoms with Crippen molar-refractivity contribution in [2.75, 3.05) is 5.73 Å². The largest absolute Gasteiger partial charge is 0.398 e. The number of hydrogen-bond acceptors (Lipinski definition) is 2. The van der Waals surface area contributed by atoms with Crippen molar-refractivity contribution in [2.45, 2.75) is 31.4 Å². The van der Waals surface area contributed by atoms with Crippen LogP contribution in [0.5, 0.6) is 0 Å². The van der Waals surface area contributed by atoms with Crippen LogP contribution in [0.3, 0.4) is 0 Å². The molecule has 0 aliphatic carbocycles. The van der Waals surface area contributed by atoms with Gasteiger partial charge in [-0.25, -0.2) is 4.39 Å². The minimum atomic E-state index is -0.242. The van der Waals surface area contributed by atoms with Crippen LogP contribution in [0.2, 0.25) is 0 Å². The fraction of sp³-hybridized carbons (Fsp3) is 0.250. The first-order valence-corrected chi connectivity index (χ1v) is 7.20. The second-order valence-corrected chi connectivity index (χ2v) is 5.87. The molecule has 0 amide bonds. The van der Waals surface area contributed by atoms with Crippen molar-refractivity contribution in [2.24, 2.45) is 0 Å². The molecule has 0 aliphatic rings. The van der Waals surface area contributed by atoms with Gasteiger partial charge in [-0.15, -0.1) is 11.8 Å². The molecular formula is C16H18FNS. The van der Waals surface area contributed by atoms with E-state index in [0.717, 1.165) is 10.6 Å². The van der Waals surface area contributed by atoms with E-state index in [1.807, 2.05) is 0 Å². The van der Waals surface area contributed by atoms with Crippen molar-refractivity contribution in [3.8, 4) is 0 Å². The molecule has 3 heteroatoms. The van der Waals surface area contributed by atoms with Gasteiger partial charge in [-0.1, -0.05) is 17.7 Å². The maximum absolute atomic E-state index is 13.2. The average Bonchev–Trinajstić information content (AvgIpc) is 2.32. The first kappa shape index (κ1) is 13.9. The lowest BCUT2D eigenvalue weighted by Crippen LogP contribution is -1.95. The Bertz CT molecular complexity index is 585. The molecular weight excluding hydrogens is 257 g/mol. The van der Waals surface area contributed by atoms with Crippen LogP contribution in [0, 0.1) is 26.6 Å². The Hall–Kier alpha value is -1.48. The van der Waals surface area contributed by atoms with Crippen LogP contribution < -0.4 is 5.73 Å². The summed E-state index contributed by atoms with van der Waals surface area (Å²) in [5.41, 5.74) is 11.6. The molecule has 19 heavy (non-hydrogen) atoms. The number of benzene rings is 2. The molecule has 0 aromatic heterocycles. The van der Waals surface area contributed by atoms with Gasteiger partial charge in [0.1, 0.15) is 5.82 Å². The summed E-state index contributed by atoms with van der Waals surface area (Å²) in [6.07, 6.45) is 0. The van der Waals surface area contributed by atoms with E-state index >= 15 is 0 Å². The van der Waals surface area contributed by atoms with Gasteiger partial charge in [0, 0.05) is 16.3 Å². The summed E-state index contributed by atoms with van der Waals surface area (Å²) in [5, 5.41) is 0. The van der Waals surface area contributed by atoms with E-state index in [-0.39, 0.29) is 5.82 Å². The van der Waals surface area contributed by atoms with E-state index in [1.165, 1.54) is 34.4 Å². The summed E-state index contributed by atoms with van der Waals surface area (Å²) in [7, 11) is 0. The molecule has 2 N–H and O–H groups in total. The zero-order chi connectivity index (χ0) is 14.0. The molecule has 2 aromatic carbocycles. The van der Waals surface area contributed by atoms with E-state index in [2.05, 4.69) is 32.9 Å². The quantitative estimate of drug-likeness (QED) is 0.653. The van der Waals surface area contributed by atoms with Gasteiger partial charge in [-0.05, 0) is 55.7 Å². The third kappa shape index (κ3) is 3.29. The van der Waals surface area contributed by atoms with Crippen molar-refractivity contribution in [3.63, 3.8) is 0 Å². The second-order valence-electron chi connectivity index (χ2n) is 4.85. The van der Waals surface area contributed by atoms with Crippen molar-refractivity contribution >= 4 is 17.4 Å². The number of rotatable bonds is 3. The van der Waals surface area contributed by atoms with Crippen LogP contribution in [-0.4, -0.2) is 0 Å². The number of anilines is 1. The highest BCUT2D eigenvalue weighted by molar-refractivity contribution is 7.98. The molecule has 1 nitrogen and oxygen atoms in total. The van der Waals surface area contributed by atoms with E-state index in [0.29, 0.717) is 5.69 Å². The van der Waals surface area contributed by atoms with Crippen molar-refractivity contribution in [1.82, 2.24) is 0 Å².